The Hall–Kier alpha value is -3.23. The Labute approximate surface area is 192 Å². The molecule has 176 valence electrons. The van der Waals surface area contributed by atoms with E-state index in [9.17, 15) is 18.8 Å². The lowest BCUT2D eigenvalue weighted by atomic mass is 9.91. The van der Waals surface area contributed by atoms with E-state index >= 15 is 0 Å². The average molecular weight is 457 g/mol. The minimum Gasteiger partial charge on any atom is -0.461 e. The predicted molar refractivity (Wildman–Crippen MR) is 118 cm³/mol. The van der Waals surface area contributed by atoms with Crippen molar-refractivity contribution >= 4 is 17.8 Å². The molecular weight excluding hydrogens is 427 g/mol. The maximum atomic E-state index is 14.5. The second-order valence-electron chi connectivity index (χ2n) is 8.86. The molecule has 33 heavy (non-hydrogen) atoms. The molecule has 9 heteroatoms. The van der Waals surface area contributed by atoms with Gasteiger partial charge in [0.25, 0.3) is 5.91 Å². The van der Waals surface area contributed by atoms with Crippen LogP contribution in [0.2, 0.25) is 0 Å². The molecule has 1 aromatic heterocycles. The maximum absolute atomic E-state index is 14.5. The van der Waals surface area contributed by atoms with Gasteiger partial charge in [0.2, 0.25) is 5.91 Å². The molecule has 2 amide bonds. The van der Waals surface area contributed by atoms with Gasteiger partial charge in [0.1, 0.15) is 17.1 Å². The van der Waals surface area contributed by atoms with E-state index in [-0.39, 0.29) is 43.0 Å². The number of nitrogens with one attached hydrogen (secondary N) is 1. The normalized spacial score (nSPS) is 20.9. The van der Waals surface area contributed by atoms with Crippen molar-refractivity contribution in [3.8, 4) is 0 Å². The highest BCUT2D eigenvalue weighted by atomic mass is 19.1. The third-order valence-electron chi connectivity index (χ3n) is 6.50. The number of esters is 1. The Morgan fingerprint density at radius 1 is 1.24 bits per heavy atom. The zero-order chi connectivity index (χ0) is 23.6. The maximum Gasteiger partial charge on any atom is 0.358 e. The summed E-state index contributed by atoms with van der Waals surface area (Å²) in [6, 6.07) is 7.60. The highest BCUT2D eigenvalue weighted by molar-refractivity contribution is 6.01. The second kappa shape index (κ2) is 9.33. The minimum atomic E-state index is -1.32. The van der Waals surface area contributed by atoms with Crippen LogP contribution in [-0.2, 0) is 22.6 Å². The molecule has 0 unspecified atom stereocenters. The molecule has 1 aliphatic carbocycles. The van der Waals surface area contributed by atoms with Gasteiger partial charge < -0.3 is 15.0 Å². The molecule has 0 radical (unpaired) electrons. The Bertz CT molecular complexity index is 1060. The number of hydrogen-bond donors (Lipinski definition) is 1. The first-order chi connectivity index (χ1) is 15.8. The predicted octanol–water partition coefficient (Wildman–Crippen LogP) is 3.06. The minimum absolute atomic E-state index is 0.00276. The van der Waals surface area contributed by atoms with Crippen LogP contribution in [0, 0.1) is 5.82 Å². The fourth-order valence-electron chi connectivity index (χ4n) is 4.58. The van der Waals surface area contributed by atoms with Crippen molar-refractivity contribution in [1.82, 2.24) is 20.0 Å². The van der Waals surface area contributed by atoms with E-state index in [0.29, 0.717) is 5.56 Å². The van der Waals surface area contributed by atoms with Crippen molar-refractivity contribution in [3.63, 3.8) is 0 Å². The molecule has 0 bridgehead atoms. The molecule has 2 aliphatic rings. The number of hydrogen-bond acceptors (Lipinski definition) is 5. The lowest BCUT2D eigenvalue weighted by molar-refractivity contribution is -0.134. The third-order valence-corrected chi connectivity index (χ3v) is 6.50. The molecule has 1 saturated carbocycles. The van der Waals surface area contributed by atoms with Gasteiger partial charge in [-0.05, 0) is 32.8 Å². The molecule has 8 nitrogen and oxygen atoms in total. The Kier molecular flexibility index (Phi) is 6.49. The van der Waals surface area contributed by atoms with Crippen molar-refractivity contribution in [1.29, 1.82) is 0 Å². The largest absolute Gasteiger partial charge is 0.461 e. The van der Waals surface area contributed by atoms with E-state index < -0.39 is 23.2 Å². The Morgan fingerprint density at radius 2 is 1.97 bits per heavy atom. The third kappa shape index (κ3) is 4.49. The number of carbonyl (C=O) groups is 3. The van der Waals surface area contributed by atoms with Crippen LogP contribution < -0.4 is 5.32 Å². The smallest absolute Gasteiger partial charge is 0.358 e. The zero-order valence-corrected chi connectivity index (χ0v) is 19.0. The molecule has 2 aromatic rings. The van der Waals surface area contributed by atoms with Gasteiger partial charge in [-0.1, -0.05) is 37.5 Å². The summed E-state index contributed by atoms with van der Waals surface area (Å²) in [5.74, 6) is -1.89. The highest BCUT2D eigenvalue weighted by Gasteiger charge is 2.48. The van der Waals surface area contributed by atoms with E-state index in [1.54, 1.807) is 32.0 Å². The molecule has 1 aromatic carbocycles. The van der Waals surface area contributed by atoms with Crippen LogP contribution in [0.15, 0.2) is 30.3 Å². The number of ether oxygens (including phenoxy) is 1. The molecule has 1 aliphatic heterocycles. The van der Waals surface area contributed by atoms with Crippen molar-refractivity contribution in [2.45, 2.75) is 70.6 Å². The number of benzene rings is 1. The number of fused-ring (bicyclic) bond motifs is 1. The molecule has 1 atom stereocenters. The second-order valence-corrected chi connectivity index (χ2v) is 8.86. The molecule has 1 N–H and O–H groups in total. The molecular formula is C24H29FN4O4. The quantitative estimate of drug-likeness (QED) is 0.675. The van der Waals surface area contributed by atoms with E-state index in [2.05, 4.69) is 10.4 Å². The van der Waals surface area contributed by atoms with Gasteiger partial charge >= 0.3 is 5.97 Å². The number of halogens is 1. The number of aromatic nitrogens is 2. The van der Waals surface area contributed by atoms with Crippen molar-refractivity contribution in [3.05, 3.63) is 53.1 Å². The van der Waals surface area contributed by atoms with Gasteiger partial charge in [-0.3, -0.25) is 14.3 Å². The van der Waals surface area contributed by atoms with Crippen LogP contribution in [0.1, 0.15) is 72.5 Å². The van der Waals surface area contributed by atoms with Crippen molar-refractivity contribution < 1.29 is 23.5 Å². The van der Waals surface area contributed by atoms with Gasteiger partial charge in [-0.25, -0.2) is 9.18 Å². The molecule has 1 fully saturated rings. The first kappa shape index (κ1) is 22.9. The van der Waals surface area contributed by atoms with E-state index in [1.807, 2.05) is 0 Å². The molecule has 0 spiro atoms. The van der Waals surface area contributed by atoms with Crippen molar-refractivity contribution in [2.75, 3.05) is 6.61 Å². The Morgan fingerprint density at radius 3 is 2.67 bits per heavy atom. The SMILES string of the molecule is CCOC(=O)c1cc2n(n1)C[C@@](C)(C(=O)NC1CCCCC1)N(Cc1ccccc1F)C2=O. The van der Waals surface area contributed by atoms with Gasteiger partial charge in [-0.2, -0.15) is 5.10 Å². The van der Waals surface area contributed by atoms with Gasteiger partial charge in [0.05, 0.1) is 19.7 Å². The summed E-state index contributed by atoms with van der Waals surface area (Å²) in [7, 11) is 0. The summed E-state index contributed by atoms with van der Waals surface area (Å²) < 4.78 is 20.9. The number of nitrogens with zero attached hydrogens (tertiary/aromatic N) is 3. The topological polar surface area (TPSA) is 93.5 Å². The van der Waals surface area contributed by atoms with Crippen LogP contribution >= 0.6 is 0 Å². The van der Waals surface area contributed by atoms with Gasteiger partial charge in [0, 0.05) is 17.7 Å². The fraction of sp³-hybridized carbons (Fsp3) is 0.500. The average Bonchev–Trinajstić information content (AvgIpc) is 3.23. The fourth-order valence-corrected chi connectivity index (χ4v) is 4.58. The summed E-state index contributed by atoms with van der Waals surface area (Å²) >= 11 is 0. The molecule has 4 rings (SSSR count). The van der Waals surface area contributed by atoms with E-state index in [4.69, 9.17) is 4.74 Å². The zero-order valence-electron chi connectivity index (χ0n) is 19.0. The van der Waals surface area contributed by atoms with Gasteiger partial charge in [0.15, 0.2) is 5.69 Å². The van der Waals surface area contributed by atoms with Crippen LogP contribution in [0.4, 0.5) is 4.39 Å². The van der Waals surface area contributed by atoms with Crippen molar-refractivity contribution in [2.24, 2.45) is 0 Å². The monoisotopic (exact) mass is 456 g/mol. The van der Waals surface area contributed by atoms with Crippen LogP contribution in [-0.4, -0.2) is 50.7 Å². The first-order valence-electron chi connectivity index (χ1n) is 11.4. The molecule has 2 heterocycles. The first-order valence-corrected chi connectivity index (χ1v) is 11.4. The highest BCUT2D eigenvalue weighted by Crippen LogP contribution is 2.31. The lowest BCUT2D eigenvalue weighted by Crippen LogP contribution is -2.64. The van der Waals surface area contributed by atoms with Gasteiger partial charge in [-0.15, -0.1) is 0 Å². The Balaban J connectivity index is 1.70. The van der Waals surface area contributed by atoms with E-state index in [0.717, 1.165) is 32.1 Å². The summed E-state index contributed by atoms with van der Waals surface area (Å²) in [6.07, 6.45) is 5.03. The lowest BCUT2D eigenvalue weighted by Gasteiger charge is -2.44. The number of carbonyl (C=O) groups excluding carboxylic acids is 3. The number of rotatable bonds is 6. The van der Waals surface area contributed by atoms with E-state index in [1.165, 1.54) is 21.7 Å². The molecule has 0 saturated heterocycles. The summed E-state index contributed by atoms with van der Waals surface area (Å²) in [4.78, 5) is 40.7. The van der Waals surface area contributed by atoms with Crippen LogP contribution in [0.25, 0.3) is 0 Å². The summed E-state index contributed by atoms with van der Waals surface area (Å²) in [6.45, 7) is 3.48. The summed E-state index contributed by atoms with van der Waals surface area (Å²) in [5, 5.41) is 7.35. The van der Waals surface area contributed by atoms with Crippen LogP contribution in [0.3, 0.4) is 0 Å². The van der Waals surface area contributed by atoms with Crippen LogP contribution in [0.5, 0.6) is 0 Å². The number of amides is 2. The summed E-state index contributed by atoms with van der Waals surface area (Å²) in [5.41, 5.74) is -0.844. The standard InChI is InChI=1S/C24H29FN4O4/c1-3-33-22(31)19-13-20-21(30)28(14-16-9-7-8-12-18(16)25)24(2,15-29(20)27-19)23(32)26-17-10-5-4-6-11-17/h7-9,12-13,17H,3-6,10-11,14-15H2,1-2H3,(H,26,32)/t24-/m0/s1.